The monoisotopic (exact) mass is 369 g/mol. The number of ether oxygens (including phenoxy) is 1. The van der Waals surface area contributed by atoms with Gasteiger partial charge in [0, 0.05) is 42.9 Å². The summed E-state index contributed by atoms with van der Waals surface area (Å²) < 4.78 is 6.45. The molecule has 1 saturated heterocycles. The second-order valence-electron chi connectivity index (χ2n) is 6.73. The Kier molecular flexibility index (Phi) is 5.45. The summed E-state index contributed by atoms with van der Waals surface area (Å²) in [5, 5.41) is 0. The normalized spacial score (nSPS) is 20.0. The number of piperazine rings is 1. The van der Waals surface area contributed by atoms with Crippen molar-refractivity contribution in [3.8, 4) is 0 Å². The average Bonchev–Trinajstić information content (AvgIpc) is 2.39. The van der Waals surface area contributed by atoms with E-state index in [2.05, 4.69) is 32.7 Å². The van der Waals surface area contributed by atoms with Crippen molar-refractivity contribution in [2.75, 3.05) is 19.6 Å². The van der Waals surface area contributed by atoms with E-state index in [1.807, 2.05) is 44.0 Å². The van der Waals surface area contributed by atoms with E-state index in [-0.39, 0.29) is 12.1 Å². The second-order valence-corrected chi connectivity index (χ2v) is 7.64. The van der Waals surface area contributed by atoms with Gasteiger partial charge in [-0.25, -0.2) is 4.79 Å². The molecule has 0 aliphatic carbocycles. The third-order valence-corrected chi connectivity index (χ3v) is 3.98. The number of halogens is 1. The van der Waals surface area contributed by atoms with Crippen LogP contribution < -0.4 is 0 Å². The first kappa shape index (κ1) is 17.2. The molecule has 1 aliphatic rings. The number of aromatic nitrogens is 1. The Balaban J connectivity index is 1.89. The first-order valence-electron chi connectivity index (χ1n) is 7.57. The van der Waals surface area contributed by atoms with Gasteiger partial charge in [-0.3, -0.25) is 9.88 Å². The van der Waals surface area contributed by atoms with Gasteiger partial charge in [-0.1, -0.05) is 0 Å². The Hall–Kier alpha value is -1.14. The number of amides is 1. The number of carbonyl (C=O) groups excluding carboxylic acids is 1. The van der Waals surface area contributed by atoms with Crippen LogP contribution in [0.2, 0.25) is 0 Å². The summed E-state index contributed by atoms with van der Waals surface area (Å²) in [5.74, 6) is 0. The lowest BCUT2D eigenvalue weighted by Crippen LogP contribution is -2.54. The molecule has 1 amide bonds. The maximum Gasteiger partial charge on any atom is 0.410 e. The van der Waals surface area contributed by atoms with Crippen molar-refractivity contribution >= 4 is 22.0 Å². The SMILES string of the molecule is C[C@@H]1CN(Cc2ccc(Br)cn2)CCN1C(=O)OC(C)(C)C. The van der Waals surface area contributed by atoms with Crippen molar-refractivity contribution in [2.45, 2.75) is 45.9 Å². The van der Waals surface area contributed by atoms with Crippen molar-refractivity contribution in [1.29, 1.82) is 0 Å². The van der Waals surface area contributed by atoms with Crippen LogP contribution in [0.5, 0.6) is 0 Å². The van der Waals surface area contributed by atoms with Crippen LogP contribution in [-0.4, -0.2) is 52.2 Å². The summed E-state index contributed by atoms with van der Waals surface area (Å²) in [4.78, 5) is 20.7. The molecule has 1 aliphatic heterocycles. The first-order valence-corrected chi connectivity index (χ1v) is 8.36. The minimum atomic E-state index is -0.449. The van der Waals surface area contributed by atoms with E-state index >= 15 is 0 Å². The van der Waals surface area contributed by atoms with E-state index in [0.29, 0.717) is 6.54 Å². The summed E-state index contributed by atoms with van der Waals surface area (Å²) >= 11 is 3.39. The highest BCUT2D eigenvalue weighted by molar-refractivity contribution is 9.10. The largest absolute Gasteiger partial charge is 0.444 e. The Bertz CT molecular complexity index is 513. The maximum absolute atomic E-state index is 12.2. The van der Waals surface area contributed by atoms with Crippen LogP contribution >= 0.6 is 15.9 Å². The van der Waals surface area contributed by atoms with Gasteiger partial charge in [-0.05, 0) is 55.8 Å². The molecule has 0 bridgehead atoms. The first-order chi connectivity index (χ1) is 10.2. The Morgan fingerprint density at radius 1 is 1.41 bits per heavy atom. The van der Waals surface area contributed by atoms with E-state index in [1.165, 1.54) is 0 Å². The smallest absolute Gasteiger partial charge is 0.410 e. The number of hydrogen-bond acceptors (Lipinski definition) is 4. The van der Waals surface area contributed by atoms with Gasteiger partial charge >= 0.3 is 6.09 Å². The van der Waals surface area contributed by atoms with E-state index in [0.717, 1.165) is 29.8 Å². The van der Waals surface area contributed by atoms with Crippen LogP contribution in [0.1, 0.15) is 33.4 Å². The standard InChI is InChI=1S/C16H24BrN3O2/c1-12-10-19(11-14-6-5-13(17)9-18-14)7-8-20(12)15(21)22-16(2,3)4/h5-6,9,12H,7-8,10-11H2,1-4H3/t12-/m1/s1. The molecular weight excluding hydrogens is 346 g/mol. The van der Waals surface area contributed by atoms with Gasteiger partial charge < -0.3 is 9.64 Å². The number of hydrogen-bond donors (Lipinski definition) is 0. The lowest BCUT2D eigenvalue weighted by atomic mass is 10.2. The zero-order chi connectivity index (χ0) is 16.3. The molecule has 0 aromatic carbocycles. The lowest BCUT2D eigenvalue weighted by molar-refractivity contribution is 0.000438. The zero-order valence-electron chi connectivity index (χ0n) is 13.7. The summed E-state index contributed by atoms with van der Waals surface area (Å²) in [6.07, 6.45) is 1.59. The van der Waals surface area contributed by atoms with Crippen molar-refractivity contribution in [1.82, 2.24) is 14.8 Å². The molecule has 1 aromatic rings. The maximum atomic E-state index is 12.2. The van der Waals surface area contributed by atoms with Gasteiger partial charge in [-0.2, -0.15) is 0 Å². The molecule has 6 heteroatoms. The molecule has 1 atom stereocenters. The fourth-order valence-electron chi connectivity index (χ4n) is 2.50. The molecule has 2 heterocycles. The molecule has 22 heavy (non-hydrogen) atoms. The predicted octanol–water partition coefficient (Wildman–Crippen LogP) is 3.29. The minimum absolute atomic E-state index is 0.138. The van der Waals surface area contributed by atoms with Crippen LogP contribution in [-0.2, 0) is 11.3 Å². The molecule has 2 rings (SSSR count). The van der Waals surface area contributed by atoms with Crippen LogP contribution in [0.3, 0.4) is 0 Å². The molecule has 0 N–H and O–H groups in total. The van der Waals surface area contributed by atoms with Gasteiger partial charge in [0.25, 0.3) is 0 Å². The van der Waals surface area contributed by atoms with Crippen molar-refractivity contribution in [3.63, 3.8) is 0 Å². The third kappa shape index (κ3) is 4.95. The van der Waals surface area contributed by atoms with Crippen LogP contribution in [0, 0.1) is 0 Å². The van der Waals surface area contributed by atoms with Crippen LogP contribution in [0.15, 0.2) is 22.8 Å². The summed E-state index contributed by atoms with van der Waals surface area (Å²) in [5.41, 5.74) is 0.594. The fraction of sp³-hybridized carbons (Fsp3) is 0.625. The van der Waals surface area contributed by atoms with Crippen LogP contribution in [0.25, 0.3) is 0 Å². The Morgan fingerprint density at radius 2 is 2.14 bits per heavy atom. The third-order valence-electron chi connectivity index (χ3n) is 3.51. The van der Waals surface area contributed by atoms with E-state index in [4.69, 9.17) is 4.74 Å². The van der Waals surface area contributed by atoms with Crippen molar-refractivity contribution in [3.05, 3.63) is 28.5 Å². The molecule has 5 nitrogen and oxygen atoms in total. The van der Waals surface area contributed by atoms with Gasteiger partial charge in [0.05, 0.1) is 5.69 Å². The fourth-order valence-corrected chi connectivity index (χ4v) is 2.73. The molecular formula is C16H24BrN3O2. The minimum Gasteiger partial charge on any atom is -0.444 e. The van der Waals surface area contributed by atoms with Gasteiger partial charge in [0.1, 0.15) is 5.60 Å². The molecule has 1 fully saturated rings. The van der Waals surface area contributed by atoms with Gasteiger partial charge in [0.15, 0.2) is 0 Å². The number of nitrogens with zero attached hydrogens (tertiary/aromatic N) is 3. The van der Waals surface area contributed by atoms with Crippen molar-refractivity contribution in [2.24, 2.45) is 0 Å². The highest BCUT2D eigenvalue weighted by Gasteiger charge is 2.30. The molecule has 0 unspecified atom stereocenters. The molecule has 122 valence electrons. The second kappa shape index (κ2) is 6.96. The van der Waals surface area contributed by atoms with Crippen LogP contribution in [0.4, 0.5) is 4.79 Å². The highest BCUT2D eigenvalue weighted by Crippen LogP contribution is 2.17. The van der Waals surface area contributed by atoms with Gasteiger partial charge in [0.2, 0.25) is 0 Å². The number of rotatable bonds is 2. The zero-order valence-corrected chi connectivity index (χ0v) is 15.3. The Labute approximate surface area is 140 Å². The molecule has 0 saturated carbocycles. The van der Waals surface area contributed by atoms with E-state index in [9.17, 15) is 4.79 Å². The topological polar surface area (TPSA) is 45.7 Å². The Morgan fingerprint density at radius 3 is 2.68 bits per heavy atom. The lowest BCUT2D eigenvalue weighted by Gasteiger charge is -2.40. The summed E-state index contributed by atoms with van der Waals surface area (Å²) in [7, 11) is 0. The summed E-state index contributed by atoms with van der Waals surface area (Å²) in [6, 6.07) is 4.16. The molecule has 0 spiro atoms. The van der Waals surface area contributed by atoms with Crippen molar-refractivity contribution < 1.29 is 9.53 Å². The quantitative estimate of drug-likeness (QED) is 0.802. The summed E-state index contributed by atoms with van der Waals surface area (Å²) in [6.45, 7) is 10.9. The van der Waals surface area contributed by atoms with Gasteiger partial charge in [-0.15, -0.1) is 0 Å². The predicted molar refractivity (Wildman–Crippen MR) is 89.6 cm³/mol. The average molecular weight is 370 g/mol. The van der Waals surface area contributed by atoms with E-state index < -0.39 is 5.60 Å². The van der Waals surface area contributed by atoms with E-state index in [1.54, 1.807) is 0 Å². The molecule has 0 radical (unpaired) electrons. The number of pyridine rings is 1. The number of carbonyl (C=O) groups is 1. The highest BCUT2D eigenvalue weighted by atomic mass is 79.9. The molecule has 1 aromatic heterocycles.